The summed E-state index contributed by atoms with van der Waals surface area (Å²) in [6.07, 6.45) is 0.139. The summed E-state index contributed by atoms with van der Waals surface area (Å²) in [6, 6.07) is 5.89. The van der Waals surface area contributed by atoms with Crippen molar-refractivity contribution in [2.45, 2.75) is 18.2 Å². The maximum Gasteiger partial charge on any atom is 0.409 e. The molecule has 0 atom stereocenters. The van der Waals surface area contributed by atoms with Gasteiger partial charge in [0.1, 0.15) is 6.61 Å². The van der Waals surface area contributed by atoms with Crippen LogP contribution in [0.15, 0.2) is 29.2 Å². The first-order valence-electron chi connectivity index (χ1n) is 7.17. The average molecular weight is 341 g/mol. The van der Waals surface area contributed by atoms with E-state index in [9.17, 15) is 18.0 Å². The minimum absolute atomic E-state index is 0.118. The third-order valence-electron chi connectivity index (χ3n) is 3.23. The van der Waals surface area contributed by atoms with E-state index in [4.69, 9.17) is 4.74 Å². The minimum atomic E-state index is -3.61. The van der Waals surface area contributed by atoms with Gasteiger partial charge in [0.15, 0.2) is 0 Å². The van der Waals surface area contributed by atoms with Crippen LogP contribution >= 0.6 is 0 Å². The molecule has 1 saturated heterocycles. The van der Waals surface area contributed by atoms with Crippen molar-refractivity contribution in [2.24, 2.45) is 0 Å². The number of nitrogens with zero attached hydrogens (tertiary/aromatic N) is 1. The van der Waals surface area contributed by atoms with Crippen LogP contribution < -0.4 is 10.0 Å². The molecule has 2 amide bonds. The number of carbonyl (C=O) groups excluding carboxylic acids is 2. The fourth-order valence-electron chi connectivity index (χ4n) is 2.11. The van der Waals surface area contributed by atoms with Crippen LogP contribution in [0.4, 0.5) is 10.5 Å². The van der Waals surface area contributed by atoms with Gasteiger partial charge < -0.3 is 15.0 Å². The van der Waals surface area contributed by atoms with Gasteiger partial charge in [0.05, 0.1) is 11.4 Å². The zero-order valence-corrected chi connectivity index (χ0v) is 13.6. The lowest BCUT2D eigenvalue weighted by molar-refractivity contribution is -0.114. The Labute approximate surface area is 134 Å². The van der Waals surface area contributed by atoms with Gasteiger partial charge in [0, 0.05) is 25.7 Å². The number of cyclic esters (lactones) is 1. The summed E-state index contributed by atoms with van der Waals surface area (Å²) in [5.41, 5.74) is 0.531. The Kier molecular flexibility index (Phi) is 5.56. The molecule has 1 heterocycles. The first-order valence-corrected chi connectivity index (χ1v) is 8.66. The molecule has 0 bridgehead atoms. The highest BCUT2D eigenvalue weighted by atomic mass is 32.2. The van der Waals surface area contributed by atoms with Gasteiger partial charge >= 0.3 is 6.09 Å². The topological polar surface area (TPSA) is 105 Å². The van der Waals surface area contributed by atoms with E-state index in [-0.39, 0.29) is 23.4 Å². The average Bonchev–Trinajstić information content (AvgIpc) is 2.89. The van der Waals surface area contributed by atoms with Crippen molar-refractivity contribution in [2.75, 3.05) is 31.6 Å². The van der Waals surface area contributed by atoms with Gasteiger partial charge in [-0.25, -0.2) is 17.9 Å². The van der Waals surface area contributed by atoms with Gasteiger partial charge in [-0.15, -0.1) is 0 Å². The third-order valence-corrected chi connectivity index (χ3v) is 4.70. The summed E-state index contributed by atoms with van der Waals surface area (Å²) in [4.78, 5) is 23.8. The van der Waals surface area contributed by atoms with Crippen molar-refractivity contribution in [3.05, 3.63) is 24.3 Å². The molecule has 23 heavy (non-hydrogen) atoms. The number of hydrogen-bond acceptors (Lipinski definition) is 5. The first-order chi connectivity index (χ1) is 10.9. The summed E-state index contributed by atoms with van der Waals surface area (Å²) in [7, 11) is -3.61. The summed E-state index contributed by atoms with van der Waals surface area (Å²) in [6.45, 7) is 2.96. The van der Waals surface area contributed by atoms with E-state index in [1.807, 2.05) is 0 Å². The molecule has 2 N–H and O–H groups in total. The summed E-state index contributed by atoms with van der Waals surface area (Å²) >= 11 is 0. The molecular formula is C14H19N3O5S. The van der Waals surface area contributed by atoms with Crippen molar-refractivity contribution in [1.82, 2.24) is 9.62 Å². The van der Waals surface area contributed by atoms with Gasteiger partial charge in [0.2, 0.25) is 15.9 Å². The number of amides is 2. The molecule has 1 aromatic rings. The van der Waals surface area contributed by atoms with Gasteiger partial charge in [-0.05, 0) is 30.7 Å². The van der Waals surface area contributed by atoms with E-state index in [1.54, 1.807) is 0 Å². The van der Waals surface area contributed by atoms with Crippen LogP contribution in [-0.4, -0.2) is 51.6 Å². The molecule has 126 valence electrons. The zero-order chi connectivity index (χ0) is 16.9. The molecule has 2 rings (SSSR count). The molecule has 1 aliphatic heterocycles. The van der Waals surface area contributed by atoms with E-state index in [0.717, 1.165) is 0 Å². The van der Waals surface area contributed by atoms with E-state index in [1.165, 1.54) is 36.1 Å². The van der Waals surface area contributed by atoms with Crippen molar-refractivity contribution in [1.29, 1.82) is 0 Å². The summed E-state index contributed by atoms with van der Waals surface area (Å²) in [5, 5.41) is 2.57. The first kappa shape index (κ1) is 17.2. The molecule has 0 unspecified atom stereocenters. The maximum atomic E-state index is 12.1. The number of nitrogens with one attached hydrogen (secondary N) is 2. The highest BCUT2D eigenvalue weighted by molar-refractivity contribution is 7.89. The molecule has 0 radical (unpaired) electrons. The Morgan fingerprint density at radius 1 is 1.30 bits per heavy atom. The Morgan fingerprint density at radius 3 is 2.57 bits per heavy atom. The number of carbonyl (C=O) groups is 2. The third kappa shape index (κ3) is 4.93. The molecule has 1 fully saturated rings. The molecule has 1 aromatic carbocycles. The van der Waals surface area contributed by atoms with E-state index in [0.29, 0.717) is 31.8 Å². The lowest BCUT2D eigenvalue weighted by Gasteiger charge is -2.12. The fraction of sp³-hybridized carbons (Fsp3) is 0.429. The minimum Gasteiger partial charge on any atom is -0.448 e. The maximum absolute atomic E-state index is 12.1. The largest absolute Gasteiger partial charge is 0.448 e. The second-order valence-corrected chi connectivity index (χ2v) is 6.83. The zero-order valence-electron chi connectivity index (χ0n) is 12.7. The Hall–Kier alpha value is -2.13. The lowest BCUT2D eigenvalue weighted by Crippen LogP contribution is -2.30. The number of rotatable bonds is 7. The van der Waals surface area contributed by atoms with Crippen LogP contribution in [-0.2, 0) is 19.6 Å². The van der Waals surface area contributed by atoms with E-state index < -0.39 is 10.0 Å². The monoisotopic (exact) mass is 341 g/mol. The number of sulfonamides is 1. The highest BCUT2D eigenvalue weighted by Crippen LogP contribution is 2.14. The van der Waals surface area contributed by atoms with E-state index >= 15 is 0 Å². The molecule has 0 spiro atoms. The van der Waals surface area contributed by atoms with Gasteiger partial charge in [0.25, 0.3) is 0 Å². The summed E-state index contributed by atoms with van der Waals surface area (Å²) < 4.78 is 31.5. The number of ether oxygens (including phenoxy) is 1. The van der Waals surface area contributed by atoms with Crippen LogP contribution in [0.3, 0.4) is 0 Å². The molecular weight excluding hydrogens is 322 g/mol. The lowest BCUT2D eigenvalue weighted by atomic mass is 10.3. The van der Waals surface area contributed by atoms with Crippen molar-refractivity contribution in [3.63, 3.8) is 0 Å². The van der Waals surface area contributed by atoms with Gasteiger partial charge in [-0.2, -0.15) is 0 Å². The smallest absolute Gasteiger partial charge is 0.409 e. The molecule has 8 nitrogen and oxygen atoms in total. The van der Waals surface area contributed by atoms with Crippen LogP contribution in [0.1, 0.15) is 13.3 Å². The molecule has 1 aliphatic rings. The van der Waals surface area contributed by atoms with E-state index in [2.05, 4.69) is 10.0 Å². The Morgan fingerprint density at radius 2 is 2.00 bits per heavy atom. The second kappa shape index (κ2) is 7.42. The normalized spacial score (nSPS) is 14.7. The second-order valence-electron chi connectivity index (χ2n) is 5.06. The Balaban J connectivity index is 1.83. The van der Waals surface area contributed by atoms with Crippen molar-refractivity contribution < 1.29 is 22.7 Å². The predicted octanol–water partition coefficient (Wildman–Crippen LogP) is 0.766. The molecule has 9 heteroatoms. The van der Waals surface area contributed by atoms with Gasteiger partial charge in [-0.3, -0.25) is 4.79 Å². The Bertz CT molecular complexity index is 672. The fourth-order valence-corrected chi connectivity index (χ4v) is 3.18. The van der Waals surface area contributed by atoms with Crippen molar-refractivity contribution >= 4 is 27.7 Å². The highest BCUT2D eigenvalue weighted by Gasteiger charge is 2.21. The molecule has 0 aromatic heterocycles. The van der Waals surface area contributed by atoms with Crippen LogP contribution in [0.25, 0.3) is 0 Å². The molecule has 0 aliphatic carbocycles. The van der Waals surface area contributed by atoms with Crippen LogP contribution in [0.2, 0.25) is 0 Å². The van der Waals surface area contributed by atoms with Crippen LogP contribution in [0, 0.1) is 0 Å². The standard InChI is InChI=1S/C14H19N3O5S/c1-11(18)16-12-3-5-13(6-4-12)23(20,21)15-7-2-8-17-9-10-22-14(17)19/h3-6,15H,2,7-10H2,1H3,(H,16,18). The SMILES string of the molecule is CC(=O)Nc1ccc(S(=O)(=O)NCCCN2CCOC2=O)cc1. The quantitative estimate of drug-likeness (QED) is 0.713. The summed E-state index contributed by atoms with van der Waals surface area (Å²) in [5.74, 6) is -0.223. The number of anilines is 1. The van der Waals surface area contributed by atoms with Gasteiger partial charge in [-0.1, -0.05) is 0 Å². The number of hydrogen-bond donors (Lipinski definition) is 2. The number of benzene rings is 1. The predicted molar refractivity (Wildman–Crippen MR) is 83.5 cm³/mol. The van der Waals surface area contributed by atoms with Crippen LogP contribution in [0.5, 0.6) is 0 Å². The van der Waals surface area contributed by atoms with Crippen molar-refractivity contribution in [3.8, 4) is 0 Å². The molecule has 0 saturated carbocycles.